The van der Waals surface area contributed by atoms with Gasteiger partial charge in [-0.25, -0.2) is 9.97 Å². The SMILES string of the molecule is COCc1nc(CC2CCOC2)nc(Cl)c1Br. The molecule has 2 heterocycles. The number of rotatable bonds is 4. The third-order valence-electron chi connectivity index (χ3n) is 2.70. The number of methoxy groups -OCH3 is 1. The van der Waals surface area contributed by atoms with Crippen molar-refractivity contribution in [2.45, 2.75) is 19.4 Å². The number of hydrogen-bond donors (Lipinski definition) is 0. The van der Waals surface area contributed by atoms with E-state index in [9.17, 15) is 0 Å². The molecule has 1 aromatic rings. The lowest BCUT2D eigenvalue weighted by molar-refractivity contribution is 0.179. The fourth-order valence-corrected chi connectivity index (χ4v) is 2.34. The van der Waals surface area contributed by atoms with Crippen molar-refractivity contribution in [3.05, 3.63) is 21.1 Å². The highest BCUT2D eigenvalue weighted by Crippen LogP contribution is 2.25. The van der Waals surface area contributed by atoms with Gasteiger partial charge in [-0.2, -0.15) is 0 Å². The second kappa shape index (κ2) is 6.09. The molecule has 0 amide bonds. The Labute approximate surface area is 114 Å². The van der Waals surface area contributed by atoms with Crippen molar-refractivity contribution >= 4 is 27.5 Å². The Kier molecular flexibility index (Phi) is 4.73. The Morgan fingerprint density at radius 2 is 2.35 bits per heavy atom. The highest BCUT2D eigenvalue weighted by atomic mass is 79.9. The van der Waals surface area contributed by atoms with Crippen LogP contribution in [0.4, 0.5) is 0 Å². The fraction of sp³-hybridized carbons (Fsp3) is 0.636. The minimum atomic E-state index is 0.428. The lowest BCUT2D eigenvalue weighted by Crippen LogP contribution is -2.09. The van der Waals surface area contributed by atoms with Crippen molar-refractivity contribution in [2.75, 3.05) is 20.3 Å². The molecule has 1 saturated heterocycles. The van der Waals surface area contributed by atoms with Gasteiger partial charge in [0.1, 0.15) is 11.0 Å². The highest BCUT2D eigenvalue weighted by molar-refractivity contribution is 9.10. The van der Waals surface area contributed by atoms with Crippen LogP contribution >= 0.6 is 27.5 Å². The van der Waals surface area contributed by atoms with E-state index in [-0.39, 0.29) is 0 Å². The molecule has 1 aromatic heterocycles. The van der Waals surface area contributed by atoms with Gasteiger partial charge in [-0.1, -0.05) is 11.6 Å². The van der Waals surface area contributed by atoms with Crippen LogP contribution in [0.25, 0.3) is 0 Å². The Hall–Kier alpha value is -0.230. The van der Waals surface area contributed by atoms with Crippen LogP contribution in [0.5, 0.6) is 0 Å². The molecule has 0 aromatic carbocycles. The fourth-order valence-electron chi connectivity index (χ4n) is 1.84. The van der Waals surface area contributed by atoms with E-state index in [1.807, 2.05) is 0 Å². The summed E-state index contributed by atoms with van der Waals surface area (Å²) in [6.07, 6.45) is 1.88. The molecule has 0 N–H and O–H groups in total. The van der Waals surface area contributed by atoms with E-state index in [2.05, 4.69) is 25.9 Å². The molecule has 94 valence electrons. The molecule has 1 fully saturated rings. The summed E-state index contributed by atoms with van der Waals surface area (Å²) in [5.41, 5.74) is 0.793. The van der Waals surface area contributed by atoms with Crippen LogP contribution in [-0.2, 0) is 22.5 Å². The predicted molar refractivity (Wildman–Crippen MR) is 68.1 cm³/mol. The van der Waals surface area contributed by atoms with E-state index in [0.29, 0.717) is 22.2 Å². The molecule has 0 saturated carbocycles. The number of aromatic nitrogens is 2. The van der Waals surface area contributed by atoms with Crippen LogP contribution in [0.2, 0.25) is 5.15 Å². The number of halogens is 2. The largest absolute Gasteiger partial charge is 0.381 e. The Balaban J connectivity index is 2.16. The van der Waals surface area contributed by atoms with Crippen LogP contribution in [0.1, 0.15) is 17.9 Å². The molecule has 4 nitrogen and oxygen atoms in total. The molecular formula is C11H14BrClN2O2. The Morgan fingerprint density at radius 3 is 3.00 bits per heavy atom. The monoisotopic (exact) mass is 320 g/mol. The molecule has 0 radical (unpaired) electrons. The third kappa shape index (κ3) is 3.37. The predicted octanol–water partition coefficient (Wildman–Crippen LogP) is 2.62. The van der Waals surface area contributed by atoms with Crippen LogP contribution < -0.4 is 0 Å². The van der Waals surface area contributed by atoms with Gasteiger partial charge in [-0.15, -0.1) is 0 Å². The van der Waals surface area contributed by atoms with Crippen molar-refractivity contribution in [1.82, 2.24) is 9.97 Å². The molecule has 0 aliphatic carbocycles. The average Bonchev–Trinajstić information content (AvgIpc) is 2.78. The number of nitrogens with zero attached hydrogens (tertiary/aromatic N) is 2. The summed E-state index contributed by atoms with van der Waals surface area (Å²) in [5, 5.41) is 0.445. The van der Waals surface area contributed by atoms with Gasteiger partial charge in [0.15, 0.2) is 0 Å². The van der Waals surface area contributed by atoms with Gasteiger partial charge in [0.05, 0.1) is 16.8 Å². The molecule has 1 aliphatic heterocycles. The van der Waals surface area contributed by atoms with E-state index < -0.39 is 0 Å². The second-order valence-electron chi connectivity index (χ2n) is 4.06. The Morgan fingerprint density at radius 1 is 1.53 bits per heavy atom. The van der Waals surface area contributed by atoms with E-state index in [0.717, 1.165) is 37.6 Å². The summed E-state index contributed by atoms with van der Waals surface area (Å²) < 4.78 is 11.1. The van der Waals surface area contributed by atoms with Crippen molar-refractivity contribution in [3.63, 3.8) is 0 Å². The van der Waals surface area contributed by atoms with Crippen molar-refractivity contribution < 1.29 is 9.47 Å². The minimum Gasteiger partial charge on any atom is -0.381 e. The molecule has 1 aliphatic rings. The van der Waals surface area contributed by atoms with Gasteiger partial charge in [0.25, 0.3) is 0 Å². The molecule has 0 bridgehead atoms. The van der Waals surface area contributed by atoms with Gasteiger partial charge < -0.3 is 9.47 Å². The van der Waals surface area contributed by atoms with E-state index in [1.54, 1.807) is 7.11 Å². The molecule has 17 heavy (non-hydrogen) atoms. The summed E-state index contributed by atoms with van der Waals surface area (Å²) in [6, 6.07) is 0. The summed E-state index contributed by atoms with van der Waals surface area (Å²) in [7, 11) is 1.63. The topological polar surface area (TPSA) is 44.2 Å². The number of hydrogen-bond acceptors (Lipinski definition) is 4. The van der Waals surface area contributed by atoms with Gasteiger partial charge >= 0.3 is 0 Å². The minimum absolute atomic E-state index is 0.428. The second-order valence-corrected chi connectivity index (χ2v) is 5.21. The first kappa shape index (κ1) is 13.2. The lowest BCUT2D eigenvalue weighted by atomic mass is 10.0. The molecule has 1 unspecified atom stereocenters. The van der Waals surface area contributed by atoms with E-state index >= 15 is 0 Å². The van der Waals surface area contributed by atoms with Crippen molar-refractivity contribution in [3.8, 4) is 0 Å². The van der Waals surface area contributed by atoms with Crippen molar-refractivity contribution in [1.29, 1.82) is 0 Å². The van der Waals surface area contributed by atoms with Gasteiger partial charge in [-0.3, -0.25) is 0 Å². The molecule has 6 heteroatoms. The third-order valence-corrected chi connectivity index (χ3v) is 4.04. The summed E-state index contributed by atoms with van der Waals surface area (Å²) >= 11 is 9.42. The van der Waals surface area contributed by atoms with Gasteiger partial charge in [-0.05, 0) is 28.3 Å². The number of ether oxygens (including phenoxy) is 2. The Bertz CT molecular complexity index is 397. The first-order valence-electron chi connectivity index (χ1n) is 5.48. The zero-order valence-electron chi connectivity index (χ0n) is 9.58. The summed E-state index contributed by atoms with van der Waals surface area (Å²) in [6.45, 7) is 2.05. The zero-order chi connectivity index (χ0) is 12.3. The first-order chi connectivity index (χ1) is 8.20. The van der Waals surface area contributed by atoms with Crippen LogP contribution in [-0.4, -0.2) is 30.3 Å². The lowest BCUT2D eigenvalue weighted by Gasteiger charge is -2.10. The van der Waals surface area contributed by atoms with Crippen molar-refractivity contribution in [2.24, 2.45) is 5.92 Å². The van der Waals surface area contributed by atoms with E-state index in [4.69, 9.17) is 21.1 Å². The smallest absolute Gasteiger partial charge is 0.147 e. The molecule has 1 atom stereocenters. The van der Waals surface area contributed by atoms with Crippen LogP contribution in [0.15, 0.2) is 4.47 Å². The molecule has 0 spiro atoms. The summed E-state index contributed by atoms with van der Waals surface area (Å²) in [4.78, 5) is 8.74. The zero-order valence-corrected chi connectivity index (χ0v) is 11.9. The average molecular weight is 322 g/mol. The maximum atomic E-state index is 6.06. The van der Waals surface area contributed by atoms with Gasteiger partial charge in [0, 0.05) is 26.7 Å². The standard InChI is InChI=1S/C11H14BrClN2O2/c1-16-6-8-10(12)11(13)15-9(14-8)4-7-2-3-17-5-7/h7H,2-6H2,1H3. The first-order valence-corrected chi connectivity index (χ1v) is 6.65. The summed E-state index contributed by atoms with van der Waals surface area (Å²) in [5.74, 6) is 1.27. The quantitative estimate of drug-likeness (QED) is 0.800. The normalized spacial score (nSPS) is 19.8. The maximum absolute atomic E-state index is 6.06. The molecule has 2 rings (SSSR count). The van der Waals surface area contributed by atoms with E-state index in [1.165, 1.54) is 0 Å². The van der Waals surface area contributed by atoms with Gasteiger partial charge in [0.2, 0.25) is 0 Å². The highest BCUT2D eigenvalue weighted by Gasteiger charge is 2.19. The maximum Gasteiger partial charge on any atom is 0.147 e. The van der Waals surface area contributed by atoms with Crippen LogP contribution in [0.3, 0.4) is 0 Å². The van der Waals surface area contributed by atoms with Crippen LogP contribution in [0, 0.1) is 5.92 Å². The molecular weight excluding hydrogens is 307 g/mol.